The Morgan fingerprint density at radius 3 is 2.71 bits per heavy atom. The average molecular weight is 293 g/mol. The van der Waals surface area contributed by atoms with E-state index >= 15 is 0 Å². The number of rotatable bonds is 5. The first kappa shape index (κ1) is 15.5. The fourth-order valence-electron chi connectivity index (χ4n) is 2.43. The number of ether oxygens (including phenoxy) is 2. The van der Waals surface area contributed by atoms with Crippen molar-refractivity contribution in [3.8, 4) is 5.88 Å². The van der Waals surface area contributed by atoms with Crippen LogP contribution in [0.2, 0.25) is 0 Å². The summed E-state index contributed by atoms with van der Waals surface area (Å²) in [5.74, 6) is 1.18. The highest BCUT2D eigenvalue weighted by Gasteiger charge is 2.27. The third-order valence-corrected chi connectivity index (χ3v) is 3.59. The van der Waals surface area contributed by atoms with Gasteiger partial charge in [0, 0.05) is 24.8 Å². The summed E-state index contributed by atoms with van der Waals surface area (Å²) >= 11 is 0. The van der Waals surface area contributed by atoms with Crippen LogP contribution in [0.15, 0.2) is 6.07 Å². The number of anilines is 1. The number of aryl methyl sites for hydroxylation is 1. The second-order valence-electron chi connectivity index (χ2n) is 5.28. The van der Waals surface area contributed by atoms with Gasteiger partial charge in [-0.2, -0.15) is 4.98 Å². The Labute approximate surface area is 125 Å². The Balaban J connectivity index is 2.02. The van der Waals surface area contributed by atoms with Gasteiger partial charge in [-0.3, -0.25) is 4.79 Å². The summed E-state index contributed by atoms with van der Waals surface area (Å²) in [6.45, 7) is 6.17. The molecule has 0 radical (unpaired) electrons. The van der Waals surface area contributed by atoms with Crippen LogP contribution in [0.25, 0.3) is 0 Å². The molecule has 0 unspecified atom stereocenters. The fraction of sp³-hybridized carbons (Fsp3) is 0.667. The molecule has 1 fully saturated rings. The van der Waals surface area contributed by atoms with E-state index in [1.54, 1.807) is 0 Å². The summed E-state index contributed by atoms with van der Waals surface area (Å²) in [4.78, 5) is 22.6. The lowest BCUT2D eigenvalue weighted by atomic mass is 9.97. The van der Waals surface area contributed by atoms with Gasteiger partial charge in [0.05, 0.1) is 19.6 Å². The van der Waals surface area contributed by atoms with E-state index in [0.717, 1.165) is 38.0 Å². The van der Waals surface area contributed by atoms with Gasteiger partial charge in [-0.25, -0.2) is 4.98 Å². The molecule has 1 aliphatic rings. The number of carbonyl (C=O) groups excluding carboxylic acids is 1. The predicted molar refractivity (Wildman–Crippen MR) is 79.5 cm³/mol. The number of methoxy groups -OCH3 is 1. The van der Waals surface area contributed by atoms with E-state index in [2.05, 4.69) is 21.8 Å². The first-order chi connectivity index (χ1) is 10.1. The van der Waals surface area contributed by atoms with E-state index in [-0.39, 0.29) is 11.9 Å². The largest absolute Gasteiger partial charge is 0.478 e. The molecule has 6 nitrogen and oxygen atoms in total. The Morgan fingerprint density at radius 1 is 1.38 bits per heavy atom. The average Bonchev–Trinajstić information content (AvgIpc) is 2.51. The molecule has 6 heteroatoms. The van der Waals surface area contributed by atoms with Gasteiger partial charge >= 0.3 is 5.97 Å². The first-order valence-corrected chi connectivity index (χ1v) is 7.45. The SMILES string of the molecule is CCCOc1cc(C)nc(N2CCC(C(=O)OC)CC2)n1. The van der Waals surface area contributed by atoms with Crippen molar-refractivity contribution >= 4 is 11.9 Å². The number of hydrogen-bond acceptors (Lipinski definition) is 6. The van der Waals surface area contributed by atoms with E-state index in [4.69, 9.17) is 9.47 Å². The van der Waals surface area contributed by atoms with Gasteiger partial charge < -0.3 is 14.4 Å². The summed E-state index contributed by atoms with van der Waals surface area (Å²) in [6, 6.07) is 1.85. The van der Waals surface area contributed by atoms with Crippen LogP contribution in [0.1, 0.15) is 31.9 Å². The van der Waals surface area contributed by atoms with E-state index in [9.17, 15) is 4.79 Å². The lowest BCUT2D eigenvalue weighted by molar-refractivity contribution is -0.146. The minimum absolute atomic E-state index is 0.00753. The van der Waals surface area contributed by atoms with Gasteiger partial charge in [0.2, 0.25) is 11.8 Å². The molecule has 0 atom stereocenters. The molecule has 1 aromatic rings. The Bertz CT molecular complexity index is 485. The van der Waals surface area contributed by atoms with Crippen LogP contribution < -0.4 is 9.64 Å². The minimum Gasteiger partial charge on any atom is -0.478 e. The molecule has 0 saturated carbocycles. The molecule has 1 aromatic heterocycles. The maximum absolute atomic E-state index is 11.5. The lowest BCUT2D eigenvalue weighted by Crippen LogP contribution is -2.37. The van der Waals surface area contributed by atoms with Gasteiger partial charge in [-0.1, -0.05) is 6.92 Å². The van der Waals surface area contributed by atoms with E-state index in [1.165, 1.54) is 7.11 Å². The molecule has 0 amide bonds. The Morgan fingerprint density at radius 2 is 2.10 bits per heavy atom. The second kappa shape index (κ2) is 7.24. The molecular weight excluding hydrogens is 270 g/mol. The van der Waals surface area contributed by atoms with Crippen LogP contribution in [0.3, 0.4) is 0 Å². The molecule has 1 saturated heterocycles. The molecule has 0 aliphatic carbocycles. The van der Waals surface area contributed by atoms with E-state index < -0.39 is 0 Å². The summed E-state index contributed by atoms with van der Waals surface area (Å²) in [6.07, 6.45) is 2.49. The topological polar surface area (TPSA) is 64.5 Å². The van der Waals surface area contributed by atoms with Gasteiger partial charge in [-0.15, -0.1) is 0 Å². The quantitative estimate of drug-likeness (QED) is 0.773. The van der Waals surface area contributed by atoms with Crippen molar-refractivity contribution in [2.45, 2.75) is 33.1 Å². The van der Waals surface area contributed by atoms with Crippen molar-refractivity contribution in [2.75, 3.05) is 31.7 Å². The molecule has 1 aliphatic heterocycles. The zero-order chi connectivity index (χ0) is 15.2. The number of carbonyl (C=O) groups is 1. The van der Waals surface area contributed by atoms with Crippen LogP contribution in [-0.2, 0) is 9.53 Å². The second-order valence-corrected chi connectivity index (χ2v) is 5.28. The smallest absolute Gasteiger partial charge is 0.308 e. The van der Waals surface area contributed by atoms with Crippen molar-refractivity contribution in [3.05, 3.63) is 11.8 Å². The summed E-state index contributed by atoms with van der Waals surface area (Å²) in [7, 11) is 1.44. The van der Waals surface area contributed by atoms with E-state index in [0.29, 0.717) is 18.4 Å². The molecule has 116 valence electrons. The molecule has 2 rings (SSSR count). The number of nitrogens with zero attached hydrogens (tertiary/aromatic N) is 3. The summed E-state index contributed by atoms with van der Waals surface area (Å²) in [5.41, 5.74) is 0.890. The van der Waals surface area contributed by atoms with Crippen molar-refractivity contribution < 1.29 is 14.3 Å². The normalized spacial score (nSPS) is 15.9. The van der Waals surface area contributed by atoms with Crippen LogP contribution in [0, 0.1) is 12.8 Å². The monoisotopic (exact) mass is 293 g/mol. The third kappa shape index (κ3) is 4.06. The first-order valence-electron chi connectivity index (χ1n) is 7.45. The van der Waals surface area contributed by atoms with Gasteiger partial charge in [-0.05, 0) is 26.2 Å². The van der Waals surface area contributed by atoms with Crippen LogP contribution >= 0.6 is 0 Å². The van der Waals surface area contributed by atoms with Crippen molar-refractivity contribution in [1.82, 2.24) is 9.97 Å². The molecule has 0 spiro atoms. The number of esters is 1. The van der Waals surface area contributed by atoms with Crippen molar-refractivity contribution in [2.24, 2.45) is 5.92 Å². The van der Waals surface area contributed by atoms with Gasteiger partial charge in [0.1, 0.15) is 0 Å². The van der Waals surface area contributed by atoms with E-state index in [1.807, 2.05) is 13.0 Å². The lowest BCUT2D eigenvalue weighted by Gasteiger charge is -2.30. The van der Waals surface area contributed by atoms with Crippen molar-refractivity contribution in [1.29, 1.82) is 0 Å². The number of aromatic nitrogens is 2. The zero-order valence-electron chi connectivity index (χ0n) is 13.0. The fourth-order valence-corrected chi connectivity index (χ4v) is 2.43. The maximum atomic E-state index is 11.5. The zero-order valence-corrected chi connectivity index (χ0v) is 13.0. The number of piperidine rings is 1. The highest BCUT2D eigenvalue weighted by atomic mass is 16.5. The van der Waals surface area contributed by atoms with Crippen LogP contribution in [-0.4, -0.2) is 42.7 Å². The Kier molecular flexibility index (Phi) is 5.36. The highest BCUT2D eigenvalue weighted by molar-refractivity contribution is 5.72. The standard InChI is InChI=1S/C15H23N3O3/c1-4-9-21-13-10-11(2)16-15(17-13)18-7-5-12(6-8-18)14(19)20-3/h10,12H,4-9H2,1-3H3. The molecular formula is C15H23N3O3. The molecule has 2 heterocycles. The molecule has 21 heavy (non-hydrogen) atoms. The maximum Gasteiger partial charge on any atom is 0.308 e. The van der Waals surface area contributed by atoms with Gasteiger partial charge in [0.15, 0.2) is 0 Å². The molecule has 0 bridgehead atoms. The highest BCUT2D eigenvalue weighted by Crippen LogP contribution is 2.23. The predicted octanol–water partition coefficient (Wildman–Crippen LogP) is 1.96. The summed E-state index contributed by atoms with van der Waals surface area (Å²) < 4.78 is 10.4. The summed E-state index contributed by atoms with van der Waals surface area (Å²) in [5, 5.41) is 0. The molecule has 0 N–H and O–H groups in total. The van der Waals surface area contributed by atoms with Crippen LogP contribution in [0.4, 0.5) is 5.95 Å². The molecule has 0 aromatic carbocycles. The van der Waals surface area contributed by atoms with Crippen molar-refractivity contribution in [3.63, 3.8) is 0 Å². The number of hydrogen-bond donors (Lipinski definition) is 0. The van der Waals surface area contributed by atoms with Gasteiger partial charge in [0.25, 0.3) is 0 Å². The third-order valence-electron chi connectivity index (χ3n) is 3.59. The minimum atomic E-state index is -0.119. The Hall–Kier alpha value is -1.85. The van der Waals surface area contributed by atoms with Crippen LogP contribution in [0.5, 0.6) is 5.88 Å².